The van der Waals surface area contributed by atoms with E-state index in [2.05, 4.69) is 5.32 Å². The molecule has 0 aliphatic carbocycles. The third-order valence-corrected chi connectivity index (χ3v) is 5.48. The minimum absolute atomic E-state index is 0.193. The third kappa shape index (κ3) is 5.25. The van der Waals surface area contributed by atoms with Gasteiger partial charge in [0.2, 0.25) is 23.6 Å². The van der Waals surface area contributed by atoms with Crippen molar-refractivity contribution >= 4 is 29.6 Å². The first-order valence-corrected chi connectivity index (χ1v) is 9.90. The Balaban J connectivity index is 2.14. The number of rotatable bonds is 8. The molecule has 2 heterocycles. The first kappa shape index (κ1) is 23.5. The number of carbonyl (C=O) groups excluding carboxylic acids is 4. The zero-order valence-electron chi connectivity index (χ0n) is 16.8. The number of nitrogens with zero attached hydrogens (tertiary/aromatic N) is 2. The average Bonchev–Trinajstić information content (AvgIpc) is 3.34. The van der Waals surface area contributed by atoms with Gasteiger partial charge in [-0.3, -0.25) is 19.2 Å². The molecule has 0 aromatic carbocycles. The van der Waals surface area contributed by atoms with E-state index in [1.165, 1.54) is 11.8 Å². The number of likely N-dealkylation sites (tertiary alicyclic amines) is 2. The molecule has 2 saturated heterocycles. The molecule has 0 aromatic rings. The lowest BCUT2D eigenvalue weighted by Crippen LogP contribution is -2.58. The number of carboxylic acid groups (broad SMARTS) is 1. The van der Waals surface area contributed by atoms with Crippen molar-refractivity contribution in [1.29, 1.82) is 0 Å². The molecule has 2 rings (SSSR count). The van der Waals surface area contributed by atoms with E-state index in [-0.39, 0.29) is 19.5 Å². The molecule has 4 amide bonds. The standard InChI is InChI=1S/C18H29N5O7/c1-9(24)14(20)17(28)22-6-2-4-11(22)15(26)21-10(8-13(19)25)16(27)23-7-3-5-12(23)18(29)30/h9-12,14,24H,2-8,20H2,1H3,(H2,19,25)(H,21,26)(H,29,30). The minimum Gasteiger partial charge on any atom is -0.480 e. The van der Waals surface area contributed by atoms with Gasteiger partial charge in [-0.15, -0.1) is 0 Å². The molecule has 5 atom stereocenters. The van der Waals surface area contributed by atoms with E-state index in [4.69, 9.17) is 11.5 Å². The van der Waals surface area contributed by atoms with Gasteiger partial charge < -0.3 is 36.8 Å². The summed E-state index contributed by atoms with van der Waals surface area (Å²) in [6.45, 7) is 1.82. The molecular weight excluding hydrogens is 398 g/mol. The third-order valence-electron chi connectivity index (χ3n) is 5.48. The smallest absolute Gasteiger partial charge is 0.326 e. The molecule has 12 nitrogen and oxygen atoms in total. The predicted octanol–water partition coefficient (Wildman–Crippen LogP) is -2.88. The lowest BCUT2D eigenvalue weighted by molar-refractivity contribution is -0.150. The van der Waals surface area contributed by atoms with Crippen LogP contribution in [-0.2, 0) is 24.0 Å². The van der Waals surface area contributed by atoms with Crippen LogP contribution in [0.5, 0.6) is 0 Å². The van der Waals surface area contributed by atoms with E-state index in [0.29, 0.717) is 19.3 Å². The van der Waals surface area contributed by atoms with Crippen molar-refractivity contribution in [2.45, 2.75) is 69.3 Å². The van der Waals surface area contributed by atoms with Crippen LogP contribution in [0.15, 0.2) is 0 Å². The Morgan fingerprint density at radius 2 is 1.57 bits per heavy atom. The second-order valence-electron chi connectivity index (χ2n) is 7.72. The van der Waals surface area contributed by atoms with Gasteiger partial charge in [-0.2, -0.15) is 0 Å². The van der Waals surface area contributed by atoms with Gasteiger partial charge in [0.05, 0.1) is 12.5 Å². The van der Waals surface area contributed by atoms with Crippen LogP contribution in [0, 0.1) is 0 Å². The molecule has 12 heteroatoms. The second kappa shape index (κ2) is 9.85. The van der Waals surface area contributed by atoms with Crippen molar-refractivity contribution in [3.05, 3.63) is 0 Å². The lowest BCUT2D eigenvalue weighted by atomic mass is 10.1. The van der Waals surface area contributed by atoms with Gasteiger partial charge in [0.25, 0.3) is 0 Å². The predicted molar refractivity (Wildman–Crippen MR) is 103 cm³/mol. The van der Waals surface area contributed by atoms with Crippen molar-refractivity contribution in [1.82, 2.24) is 15.1 Å². The zero-order valence-corrected chi connectivity index (χ0v) is 16.8. The van der Waals surface area contributed by atoms with Gasteiger partial charge in [0.1, 0.15) is 24.2 Å². The summed E-state index contributed by atoms with van der Waals surface area (Å²) >= 11 is 0. The summed E-state index contributed by atoms with van der Waals surface area (Å²) in [4.78, 5) is 63.4. The van der Waals surface area contributed by atoms with Crippen LogP contribution < -0.4 is 16.8 Å². The van der Waals surface area contributed by atoms with Crippen molar-refractivity contribution in [2.75, 3.05) is 13.1 Å². The highest BCUT2D eigenvalue weighted by Crippen LogP contribution is 2.21. The summed E-state index contributed by atoms with van der Waals surface area (Å²) in [5.41, 5.74) is 10.9. The summed E-state index contributed by atoms with van der Waals surface area (Å²) in [6, 6.07) is -4.47. The van der Waals surface area contributed by atoms with Gasteiger partial charge >= 0.3 is 5.97 Å². The molecule has 168 valence electrons. The quantitative estimate of drug-likeness (QED) is 0.272. The molecule has 0 bridgehead atoms. The number of aliphatic hydroxyl groups is 1. The maximum absolute atomic E-state index is 12.9. The fraction of sp³-hybridized carbons (Fsp3) is 0.722. The number of aliphatic carboxylic acids is 1. The Bertz CT molecular complexity index is 713. The Morgan fingerprint density at radius 1 is 1.03 bits per heavy atom. The van der Waals surface area contributed by atoms with Gasteiger partial charge in [0, 0.05) is 13.1 Å². The highest BCUT2D eigenvalue weighted by atomic mass is 16.4. The van der Waals surface area contributed by atoms with Crippen molar-refractivity contribution < 1.29 is 34.2 Å². The largest absolute Gasteiger partial charge is 0.480 e. The normalized spacial score (nSPS) is 24.2. The van der Waals surface area contributed by atoms with E-state index in [9.17, 15) is 34.2 Å². The van der Waals surface area contributed by atoms with Crippen LogP contribution in [0.4, 0.5) is 0 Å². The number of amides is 4. The van der Waals surface area contributed by atoms with Gasteiger partial charge in [-0.25, -0.2) is 4.79 Å². The van der Waals surface area contributed by atoms with Crippen LogP contribution in [0.3, 0.4) is 0 Å². The molecule has 0 aromatic heterocycles. The van der Waals surface area contributed by atoms with Crippen molar-refractivity contribution in [3.8, 4) is 0 Å². The topological polar surface area (TPSA) is 196 Å². The van der Waals surface area contributed by atoms with E-state index in [1.54, 1.807) is 0 Å². The average molecular weight is 427 g/mol. The van der Waals surface area contributed by atoms with Crippen LogP contribution in [0.1, 0.15) is 39.0 Å². The number of nitrogens with two attached hydrogens (primary N) is 2. The highest BCUT2D eigenvalue weighted by Gasteiger charge is 2.41. The van der Waals surface area contributed by atoms with E-state index in [0.717, 1.165) is 4.90 Å². The van der Waals surface area contributed by atoms with Gasteiger partial charge in [0.15, 0.2) is 0 Å². The highest BCUT2D eigenvalue weighted by molar-refractivity contribution is 5.96. The van der Waals surface area contributed by atoms with Crippen LogP contribution >= 0.6 is 0 Å². The Labute approximate surface area is 173 Å². The van der Waals surface area contributed by atoms with Crippen molar-refractivity contribution in [2.24, 2.45) is 11.5 Å². The number of aliphatic hydroxyl groups excluding tert-OH is 1. The Kier molecular flexibility index (Phi) is 7.73. The number of carboxylic acids is 1. The summed E-state index contributed by atoms with van der Waals surface area (Å²) in [7, 11) is 0. The molecule has 2 fully saturated rings. The van der Waals surface area contributed by atoms with Gasteiger partial charge in [-0.1, -0.05) is 0 Å². The number of hydrogen-bond acceptors (Lipinski definition) is 7. The molecular formula is C18H29N5O7. The minimum atomic E-state index is -1.34. The Morgan fingerprint density at radius 3 is 2.07 bits per heavy atom. The van der Waals surface area contributed by atoms with Crippen LogP contribution in [0.2, 0.25) is 0 Å². The molecule has 5 unspecified atom stereocenters. The summed E-state index contributed by atoms with van der Waals surface area (Å²) in [5, 5.41) is 21.3. The molecule has 0 radical (unpaired) electrons. The zero-order chi connectivity index (χ0) is 22.6. The molecule has 2 aliphatic heterocycles. The van der Waals surface area contributed by atoms with Gasteiger partial charge in [-0.05, 0) is 32.6 Å². The molecule has 2 aliphatic rings. The molecule has 30 heavy (non-hydrogen) atoms. The monoisotopic (exact) mass is 427 g/mol. The van der Waals surface area contributed by atoms with E-state index in [1.807, 2.05) is 0 Å². The SMILES string of the molecule is CC(O)C(N)C(=O)N1CCCC1C(=O)NC(CC(N)=O)C(=O)N1CCCC1C(=O)O. The number of primary amides is 1. The number of carbonyl (C=O) groups is 5. The maximum atomic E-state index is 12.9. The first-order valence-electron chi connectivity index (χ1n) is 9.90. The number of hydrogen-bond donors (Lipinski definition) is 5. The van der Waals surface area contributed by atoms with Crippen LogP contribution in [0.25, 0.3) is 0 Å². The summed E-state index contributed by atoms with van der Waals surface area (Å²) in [5.74, 6) is -3.96. The fourth-order valence-corrected chi connectivity index (χ4v) is 3.86. The summed E-state index contributed by atoms with van der Waals surface area (Å²) in [6.07, 6.45) is 0.0133. The maximum Gasteiger partial charge on any atom is 0.326 e. The van der Waals surface area contributed by atoms with E-state index >= 15 is 0 Å². The lowest BCUT2D eigenvalue weighted by Gasteiger charge is -2.30. The summed E-state index contributed by atoms with van der Waals surface area (Å²) < 4.78 is 0. The van der Waals surface area contributed by atoms with Crippen LogP contribution in [-0.4, -0.2) is 93.0 Å². The fourth-order valence-electron chi connectivity index (χ4n) is 3.86. The van der Waals surface area contributed by atoms with Crippen molar-refractivity contribution in [3.63, 3.8) is 0 Å². The second-order valence-corrected chi connectivity index (χ2v) is 7.72. The molecule has 7 N–H and O–H groups in total. The number of nitrogens with one attached hydrogen (secondary N) is 1. The Hall–Kier alpha value is -2.73. The molecule has 0 spiro atoms. The molecule has 0 saturated carbocycles. The van der Waals surface area contributed by atoms with E-state index < -0.39 is 66.3 Å². The first-order chi connectivity index (χ1) is 14.0.